The van der Waals surface area contributed by atoms with Crippen LogP contribution in [0.3, 0.4) is 0 Å². The van der Waals surface area contributed by atoms with Gasteiger partial charge in [0, 0.05) is 6.04 Å². The molecule has 0 heterocycles. The zero-order chi connectivity index (χ0) is 15.1. The third-order valence-electron chi connectivity index (χ3n) is 2.25. The second-order valence-corrected chi connectivity index (χ2v) is 4.77. The van der Waals surface area contributed by atoms with Gasteiger partial charge in [-0.15, -0.1) is 0 Å². The Kier molecular flexibility index (Phi) is 7.36. The zero-order valence-corrected chi connectivity index (χ0v) is 11.8. The van der Waals surface area contributed by atoms with E-state index in [-0.39, 0.29) is 19.3 Å². The molecule has 0 aliphatic carbocycles. The fraction of sp³-hybridized carbons (Fsp3) is 0.917. The first-order valence-corrected chi connectivity index (χ1v) is 6.20. The lowest BCUT2D eigenvalue weighted by molar-refractivity contribution is -0.157. The van der Waals surface area contributed by atoms with Crippen molar-refractivity contribution in [3.05, 3.63) is 0 Å². The van der Waals surface area contributed by atoms with Crippen molar-refractivity contribution in [2.75, 3.05) is 19.8 Å². The van der Waals surface area contributed by atoms with Crippen LogP contribution in [0.25, 0.3) is 0 Å². The summed E-state index contributed by atoms with van der Waals surface area (Å²) < 4.78 is 45.8. The first kappa shape index (κ1) is 18.2. The molecule has 0 bridgehead atoms. The molecule has 0 spiro atoms. The molecule has 0 saturated carbocycles. The number of carbonyl (C=O) groups excluding carboxylic acids is 1. The van der Waals surface area contributed by atoms with Gasteiger partial charge in [-0.25, -0.2) is 4.79 Å². The summed E-state index contributed by atoms with van der Waals surface area (Å²) in [4.78, 5) is 11.8. The number of carbonyl (C=O) groups is 1. The van der Waals surface area contributed by atoms with Crippen LogP contribution in [-0.4, -0.2) is 43.5 Å². The summed E-state index contributed by atoms with van der Waals surface area (Å²) in [6.45, 7) is 6.44. The van der Waals surface area contributed by atoms with Crippen LogP contribution in [0.1, 0.15) is 34.1 Å². The maximum Gasteiger partial charge on any atom is 0.391 e. The highest BCUT2D eigenvalue weighted by Gasteiger charge is 2.36. The van der Waals surface area contributed by atoms with Crippen molar-refractivity contribution in [1.82, 2.24) is 5.32 Å². The maximum absolute atomic E-state index is 12.0. The van der Waals surface area contributed by atoms with E-state index in [1.165, 1.54) is 0 Å². The van der Waals surface area contributed by atoms with E-state index in [0.29, 0.717) is 0 Å². The van der Waals surface area contributed by atoms with Crippen LogP contribution in [0.2, 0.25) is 0 Å². The number of esters is 1. The molecule has 1 N–H and O–H groups in total. The summed E-state index contributed by atoms with van der Waals surface area (Å²) in [5.41, 5.74) is -1.14. The predicted molar refractivity (Wildman–Crippen MR) is 64.8 cm³/mol. The van der Waals surface area contributed by atoms with Crippen molar-refractivity contribution in [2.24, 2.45) is 0 Å². The minimum Gasteiger partial charge on any atom is -0.465 e. The Bertz CT molecular complexity index is 282. The van der Waals surface area contributed by atoms with E-state index in [2.05, 4.69) is 5.32 Å². The van der Waals surface area contributed by atoms with Crippen molar-refractivity contribution in [3.8, 4) is 0 Å². The summed E-state index contributed by atoms with van der Waals surface area (Å²) in [5.74, 6) is -0.532. The molecule has 0 fully saturated rings. The van der Waals surface area contributed by atoms with Gasteiger partial charge >= 0.3 is 12.1 Å². The Balaban J connectivity index is 4.39. The Morgan fingerprint density at radius 3 is 2.32 bits per heavy atom. The molecular weight excluding hydrogens is 263 g/mol. The molecule has 1 atom stereocenters. The lowest BCUT2D eigenvalue weighted by Gasteiger charge is -2.30. The van der Waals surface area contributed by atoms with Gasteiger partial charge in [0.05, 0.1) is 26.2 Å². The zero-order valence-electron chi connectivity index (χ0n) is 11.8. The van der Waals surface area contributed by atoms with E-state index in [4.69, 9.17) is 9.47 Å². The molecule has 0 aliphatic rings. The number of nitrogens with one attached hydrogen (secondary N) is 1. The molecule has 19 heavy (non-hydrogen) atoms. The Morgan fingerprint density at radius 2 is 1.89 bits per heavy atom. The molecule has 0 rings (SSSR count). The number of halogens is 3. The van der Waals surface area contributed by atoms with Crippen LogP contribution in [0.5, 0.6) is 0 Å². The number of rotatable bonds is 8. The van der Waals surface area contributed by atoms with E-state index >= 15 is 0 Å². The summed E-state index contributed by atoms with van der Waals surface area (Å²) in [7, 11) is 0. The summed E-state index contributed by atoms with van der Waals surface area (Å²) in [5, 5.41) is 2.96. The second-order valence-electron chi connectivity index (χ2n) is 4.77. The van der Waals surface area contributed by atoms with Crippen LogP contribution in [0, 0.1) is 0 Å². The van der Waals surface area contributed by atoms with Crippen LogP contribution in [0.15, 0.2) is 0 Å². The topological polar surface area (TPSA) is 47.6 Å². The van der Waals surface area contributed by atoms with Crippen molar-refractivity contribution in [3.63, 3.8) is 0 Å². The van der Waals surface area contributed by atoms with Crippen molar-refractivity contribution >= 4 is 5.97 Å². The number of ether oxygens (including phenoxy) is 2. The quantitative estimate of drug-likeness (QED) is 0.549. The monoisotopic (exact) mass is 285 g/mol. The minimum absolute atomic E-state index is 0.0272. The first-order valence-electron chi connectivity index (χ1n) is 6.20. The molecule has 0 aromatic heterocycles. The fourth-order valence-electron chi connectivity index (χ4n) is 1.55. The second kappa shape index (κ2) is 7.69. The Labute approximate surface area is 111 Å². The van der Waals surface area contributed by atoms with Gasteiger partial charge in [0.2, 0.25) is 0 Å². The lowest BCUT2D eigenvalue weighted by atomic mass is 10.0. The van der Waals surface area contributed by atoms with Crippen molar-refractivity contribution in [1.29, 1.82) is 0 Å². The molecule has 114 valence electrons. The average molecular weight is 285 g/mol. The largest absolute Gasteiger partial charge is 0.465 e. The number of hydrogen-bond acceptors (Lipinski definition) is 4. The van der Waals surface area contributed by atoms with Gasteiger partial charge in [-0.05, 0) is 27.7 Å². The molecular formula is C12H22F3NO3. The summed E-state index contributed by atoms with van der Waals surface area (Å²) >= 11 is 0. The van der Waals surface area contributed by atoms with E-state index < -0.39 is 30.7 Å². The fourth-order valence-corrected chi connectivity index (χ4v) is 1.55. The van der Waals surface area contributed by atoms with E-state index in [0.717, 1.165) is 0 Å². The van der Waals surface area contributed by atoms with Crippen LogP contribution in [-0.2, 0) is 14.3 Å². The molecule has 0 aromatic carbocycles. The lowest BCUT2D eigenvalue weighted by Crippen LogP contribution is -2.56. The first-order chi connectivity index (χ1) is 8.60. The SMILES string of the molecule is CCOC(=O)C(C)(COCCC(F)(F)F)NC(C)C. The Hall–Kier alpha value is -0.820. The molecule has 1 unspecified atom stereocenters. The van der Waals surface area contributed by atoms with Crippen molar-refractivity contribution < 1.29 is 27.4 Å². The normalized spacial score (nSPS) is 15.4. The van der Waals surface area contributed by atoms with Gasteiger partial charge < -0.3 is 9.47 Å². The minimum atomic E-state index is -4.26. The van der Waals surface area contributed by atoms with Crippen LogP contribution < -0.4 is 5.32 Å². The molecule has 7 heteroatoms. The molecule has 0 aromatic rings. The third kappa shape index (κ3) is 8.05. The van der Waals surface area contributed by atoms with Crippen molar-refractivity contribution in [2.45, 2.75) is 51.9 Å². The predicted octanol–water partition coefficient (Wildman–Crippen LogP) is 2.28. The highest BCUT2D eigenvalue weighted by molar-refractivity contribution is 5.80. The highest BCUT2D eigenvalue weighted by Crippen LogP contribution is 2.19. The van der Waals surface area contributed by atoms with Crippen LogP contribution >= 0.6 is 0 Å². The molecule has 0 saturated heterocycles. The molecule has 4 nitrogen and oxygen atoms in total. The number of alkyl halides is 3. The molecule has 0 radical (unpaired) electrons. The van der Waals surface area contributed by atoms with E-state index in [1.54, 1.807) is 13.8 Å². The standard InChI is InChI=1S/C12H22F3NO3/c1-5-19-10(17)11(4,16-9(2)3)8-18-7-6-12(13,14)15/h9,16H,5-8H2,1-4H3. The van der Waals surface area contributed by atoms with Gasteiger partial charge in [0.25, 0.3) is 0 Å². The average Bonchev–Trinajstić information content (AvgIpc) is 2.22. The summed E-state index contributed by atoms with van der Waals surface area (Å²) in [6.07, 6.45) is -5.29. The van der Waals surface area contributed by atoms with Gasteiger partial charge in [-0.3, -0.25) is 5.32 Å². The van der Waals surface area contributed by atoms with Gasteiger partial charge in [-0.1, -0.05) is 0 Å². The van der Waals surface area contributed by atoms with Gasteiger partial charge in [-0.2, -0.15) is 13.2 Å². The number of hydrogen-bond donors (Lipinski definition) is 1. The Morgan fingerprint density at radius 1 is 1.32 bits per heavy atom. The maximum atomic E-state index is 12.0. The highest BCUT2D eigenvalue weighted by atomic mass is 19.4. The van der Waals surface area contributed by atoms with Gasteiger partial charge in [0.15, 0.2) is 0 Å². The van der Waals surface area contributed by atoms with E-state index in [1.807, 2.05) is 13.8 Å². The molecule has 0 amide bonds. The van der Waals surface area contributed by atoms with Crippen LogP contribution in [0.4, 0.5) is 13.2 Å². The summed E-state index contributed by atoms with van der Waals surface area (Å²) in [6, 6.07) is -0.0272. The smallest absolute Gasteiger partial charge is 0.391 e. The molecule has 0 aliphatic heterocycles. The third-order valence-corrected chi connectivity index (χ3v) is 2.25. The van der Waals surface area contributed by atoms with E-state index in [9.17, 15) is 18.0 Å². The van der Waals surface area contributed by atoms with Gasteiger partial charge in [0.1, 0.15) is 5.54 Å².